The lowest BCUT2D eigenvalue weighted by molar-refractivity contribution is -0.134. The predicted molar refractivity (Wildman–Crippen MR) is 96.8 cm³/mol. The Hall–Kier alpha value is -2.04. The van der Waals surface area contributed by atoms with E-state index in [1.54, 1.807) is 11.9 Å². The van der Waals surface area contributed by atoms with E-state index >= 15 is 0 Å². The molecule has 0 atom stereocenters. The summed E-state index contributed by atoms with van der Waals surface area (Å²) < 4.78 is 0. The third kappa shape index (κ3) is 4.73. The van der Waals surface area contributed by atoms with Gasteiger partial charge in [0.2, 0.25) is 11.8 Å². The maximum absolute atomic E-state index is 12.3. The summed E-state index contributed by atoms with van der Waals surface area (Å²) in [4.78, 5) is 28.3. The van der Waals surface area contributed by atoms with Crippen LogP contribution in [0.4, 0.5) is 5.69 Å². The van der Waals surface area contributed by atoms with Gasteiger partial charge in [-0.15, -0.1) is 0 Å². The second-order valence-electron chi connectivity index (χ2n) is 7.51. The first kappa shape index (κ1) is 18.3. The van der Waals surface area contributed by atoms with Gasteiger partial charge in [-0.1, -0.05) is 39.0 Å². The van der Waals surface area contributed by atoms with Crippen molar-refractivity contribution in [1.82, 2.24) is 10.2 Å². The molecule has 2 rings (SSSR count). The van der Waals surface area contributed by atoms with Gasteiger partial charge in [0, 0.05) is 37.8 Å². The Morgan fingerprint density at radius 1 is 1.17 bits per heavy atom. The monoisotopic (exact) mass is 331 g/mol. The Balaban J connectivity index is 1.95. The minimum Gasteiger partial charge on any atom is -0.371 e. The molecule has 1 saturated heterocycles. The number of carbonyl (C=O) groups is 2. The number of hydrogen-bond acceptors (Lipinski definition) is 3. The largest absolute Gasteiger partial charge is 0.371 e. The van der Waals surface area contributed by atoms with Crippen LogP contribution in [-0.4, -0.2) is 43.4 Å². The SMILES string of the molecule is CN(Cc1ccccc1N1CCCC1)C(=O)CNC(=O)C(C)(C)C. The molecule has 24 heavy (non-hydrogen) atoms. The molecule has 132 valence electrons. The maximum atomic E-state index is 12.3. The van der Waals surface area contributed by atoms with Crippen molar-refractivity contribution >= 4 is 17.5 Å². The van der Waals surface area contributed by atoms with Crippen LogP contribution in [0.2, 0.25) is 0 Å². The highest BCUT2D eigenvalue weighted by atomic mass is 16.2. The summed E-state index contributed by atoms with van der Waals surface area (Å²) in [5.41, 5.74) is 1.88. The number of benzene rings is 1. The topological polar surface area (TPSA) is 52.6 Å². The molecule has 1 N–H and O–H groups in total. The van der Waals surface area contributed by atoms with Crippen molar-refractivity contribution in [2.45, 2.75) is 40.2 Å². The van der Waals surface area contributed by atoms with Gasteiger partial charge >= 0.3 is 0 Å². The lowest BCUT2D eigenvalue weighted by Crippen LogP contribution is -2.42. The summed E-state index contributed by atoms with van der Waals surface area (Å²) >= 11 is 0. The van der Waals surface area contributed by atoms with E-state index in [1.807, 2.05) is 32.9 Å². The first-order valence-electron chi connectivity index (χ1n) is 8.64. The normalized spacial score (nSPS) is 14.6. The summed E-state index contributed by atoms with van der Waals surface area (Å²) in [7, 11) is 1.78. The molecule has 0 spiro atoms. The van der Waals surface area contributed by atoms with Crippen LogP contribution >= 0.6 is 0 Å². The fourth-order valence-corrected chi connectivity index (χ4v) is 2.81. The molecule has 1 aliphatic heterocycles. The number of amides is 2. The molecule has 2 amide bonds. The van der Waals surface area contributed by atoms with Crippen LogP contribution in [0.5, 0.6) is 0 Å². The molecule has 0 radical (unpaired) electrons. The van der Waals surface area contributed by atoms with Crippen LogP contribution < -0.4 is 10.2 Å². The average molecular weight is 331 g/mol. The number of para-hydroxylation sites is 1. The standard InChI is InChI=1S/C19H29N3O2/c1-19(2,3)18(24)20-13-17(23)21(4)14-15-9-5-6-10-16(15)22-11-7-8-12-22/h5-6,9-10H,7-8,11-14H2,1-4H3,(H,20,24). The van der Waals surface area contributed by atoms with E-state index in [0.29, 0.717) is 6.54 Å². The first-order valence-corrected chi connectivity index (χ1v) is 8.64. The molecular formula is C19H29N3O2. The third-order valence-electron chi connectivity index (χ3n) is 4.35. The molecule has 0 bridgehead atoms. The van der Waals surface area contributed by atoms with E-state index in [1.165, 1.54) is 18.5 Å². The molecule has 1 aromatic carbocycles. The highest BCUT2D eigenvalue weighted by Gasteiger charge is 2.22. The lowest BCUT2D eigenvalue weighted by Gasteiger charge is -2.25. The Bertz CT molecular complexity index is 587. The molecule has 5 heteroatoms. The van der Waals surface area contributed by atoms with Crippen molar-refractivity contribution in [1.29, 1.82) is 0 Å². The van der Waals surface area contributed by atoms with Crippen molar-refractivity contribution in [3.05, 3.63) is 29.8 Å². The second kappa shape index (κ2) is 7.69. The Morgan fingerprint density at radius 3 is 2.42 bits per heavy atom. The zero-order valence-corrected chi connectivity index (χ0v) is 15.3. The van der Waals surface area contributed by atoms with Crippen LogP contribution in [0.25, 0.3) is 0 Å². The second-order valence-corrected chi connectivity index (χ2v) is 7.51. The molecule has 0 unspecified atom stereocenters. The van der Waals surface area contributed by atoms with E-state index in [0.717, 1.165) is 18.7 Å². The number of likely N-dealkylation sites (N-methyl/N-ethyl adjacent to an activating group) is 1. The minimum atomic E-state index is -0.485. The number of anilines is 1. The maximum Gasteiger partial charge on any atom is 0.242 e. The molecule has 0 aromatic heterocycles. The summed E-state index contributed by atoms with van der Waals surface area (Å²) in [6.45, 7) is 8.26. The molecular weight excluding hydrogens is 302 g/mol. The highest BCUT2D eigenvalue weighted by Crippen LogP contribution is 2.25. The van der Waals surface area contributed by atoms with Crippen molar-refractivity contribution in [2.24, 2.45) is 5.41 Å². The van der Waals surface area contributed by atoms with Crippen molar-refractivity contribution < 1.29 is 9.59 Å². The van der Waals surface area contributed by atoms with Crippen LogP contribution in [0.1, 0.15) is 39.2 Å². The van der Waals surface area contributed by atoms with Crippen LogP contribution in [-0.2, 0) is 16.1 Å². The van der Waals surface area contributed by atoms with Gasteiger partial charge in [0.15, 0.2) is 0 Å². The van der Waals surface area contributed by atoms with E-state index in [9.17, 15) is 9.59 Å². The highest BCUT2D eigenvalue weighted by molar-refractivity contribution is 5.87. The van der Waals surface area contributed by atoms with Gasteiger partial charge in [0.05, 0.1) is 6.54 Å². The average Bonchev–Trinajstić information content (AvgIpc) is 3.06. The quantitative estimate of drug-likeness (QED) is 0.901. The van der Waals surface area contributed by atoms with Gasteiger partial charge in [-0.3, -0.25) is 9.59 Å². The van der Waals surface area contributed by atoms with Gasteiger partial charge < -0.3 is 15.1 Å². The summed E-state index contributed by atoms with van der Waals surface area (Å²) in [5, 5.41) is 2.72. The van der Waals surface area contributed by atoms with Crippen molar-refractivity contribution in [3.63, 3.8) is 0 Å². The number of rotatable bonds is 5. The summed E-state index contributed by atoms with van der Waals surface area (Å²) in [5.74, 6) is -0.189. The van der Waals surface area contributed by atoms with E-state index in [4.69, 9.17) is 0 Å². The summed E-state index contributed by atoms with van der Waals surface area (Å²) in [6.07, 6.45) is 2.45. The Labute approximate surface area is 145 Å². The van der Waals surface area contributed by atoms with Crippen LogP contribution in [0.15, 0.2) is 24.3 Å². The van der Waals surface area contributed by atoms with E-state index in [2.05, 4.69) is 22.3 Å². The van der Waals surface area contributed by atoms with Gasteiger partial charge in [-0.2, -0.15) is 0 Å². The van der Waals surface area contributed by atoms with Crippen LogP contribution in [0, 0.1) is 5.41 Å². The minimum absolute atomic E-state index is 0.0402. The van der Waals surface area contributed by atoms with Crippen molar-refractivity contribution in [3.8, 4) is 0 Å². The number of hydrogen-bond donors (Lipinski definition) is 1. The zero-order chi connectivity index (χ0) is 17.7. The number of nitrogens with one attached hydrogen (secondary N) is 1. The smallest absolute Gasteiger partial charge is 0.242 e. The van der Waals surface area contributed by atoms with Gasteiger partial charge in [0.1, 0.15) is 0 Å². The molecule has 1 aromatic rings. The fraction of sp³-hybridized carbons (Fsp3) is 0.579. The molecule has 0 aliphatic carbocycles. The molecule has 1 heterocycles. The summed E-state index contributed by atoms with van der Waals surface area (Å²) in [6, 6.07) is 8.25. The molecule has 0 saturated carbocycles. The number of nitrogens with zero attached hydrogens (tertiary/aromatic N) is 2. The predicted octanol–water partition coefficient (Wildman–Crippen LogP) is 2.41. The van der Waals surface area contributed by atoms with Crippen LogP contribution in [0.3, 0.4) is 0 Å². The van der Waals surface area contributed by atoms with Gasteiger partial charge in [-0.25, -0.2) is 0 Å². The number of carbonyl (C=O) groups excluding carboxylic acids is 2. The first-order chi connectivity index (χ1) is 11.3. The van der Waals surface area contributed by atoms with Gasteiger partial charge in [-0.05, 0) is 24.5 Å². The Morgan fingerprint density at radius 2 is 1.79 bits per heavy atom. The lowest BCUT2D eigenvalue weighted by atomic mass is 9.96. The molecule has 5 nitrogen and oxygen atoms in total. The van der Waals surface area contributed by atoms with Gasteiger partial charge in [0.25, 0.3) is 0 Å². The molecule has 1 aliphatic rings. The zero-order valence-electron chi connectivity index (χ0n) is 15.3. The Kier molecular flexibility index (Phi) is 5.86. The fourth-order valence-electron chi connectivity index (χ4n) is 2.81. The van der Waals surface area contributed by atoms with E-state index in [-0.39, 0.29) is 18.4 Å². The van der Waals surface area contributed by atoms with E-state index < -0.39 is 5.41 Å². The third-order valence-corrected chi connectivity index (χ3v) is 4.35. The van der Waals surface area contributed by atoms with Crippen molar-refractivity contribution in [2.75, 3.05) is 31.6 Å². The molecule has 1 fully saturated rings.